The van der Waals surface area contributed by atoms with Crippen molar-refractivity contribution in [2.24, 2.45) is 11.8 Å². The first kappa shape index (κ1) is 15.4. The van der Waals surface area contributed by atoms with Crippen molar-refractivity contribution in [1.29, 1.82) is 0 Å². The van der Waals surface area contributed by atoms with E-state index in [0.29, 0.717) is 26.1 Å². The molecule has 0 spiro atoms. The normalized spacial score (nSPS) is 28.3. The molecular weight excluding hydrogens is 260 g/mol. The van der Waals surface area contributed by atoms with Crippen molar-refractivity contribution >= 4 is 16.1 Å². The Morgan fingerprint density at radius 1 is 1.33 bits per heavy atom. The quantitative estimate of drug-likeness (QED) is 0.523. The zero-order chi connectivity index (χ0) is 13.8. The Hall–Kier alpha value is -0.660. The summed E-state index contributed by atoms with van der Waals surface area (Å²) >= 11 is 0. The molecule has 0 aromatic heterocycles. The van der Waals surface area contributed by atoms with Crippen LogP contribution in [-0.4, -0.2) is 47.1 Å². The van der Waals surface area contributed by atoms with Crippen molar-refractivity contribution in [3.63, 3.8) is 0 Å². The minimum absolute atomic E-state index is 0.0548. The molecule has 0 aromatic carbocycles. The van der Waals surface area contributed by atoms with Crippen molar-refractivity contribution in [2.45, 2.75) is 25.9 Å². The average molecular weight is 280 g/mol. The van der Waals surface area contributed by atoms with Crippen LogP contribution in [-0.2, 0) is 28.6 Å². The molecule has 106 valence electrons. The Bertz CT molecular complexity index is 377. The molecule has 6 nitrogen and oxygen atoms in total. The van der Waals surface area contributed by atoms with Gasteiger partial charge in [0.25, 0.3) is 10.1 Å². The fourth-order valence-corrected chi connectivity index (χ4v) is 2.99. The van der Waals surface area contributed by atoms with Crippen LogP contribution in [0.15, 0.2) is 0 Å². The highest BCUT2D eigenvalue weighted by molar-refractivity contribution is 7.86. The van der Waals surface area contributed by atoms with E-state index in [4.69, 9.17) is 13.7 Å². The Labute approximate surface area is 108 Å². The maximum absolute atomic E-state index is 11.8. The van der Waals surface area contributed by atoms with Gasteiger partial charge in [0.05, 0.1) is 24.9 Å². The molecule has 0 bridgehead atoms. The van der Waals surface area contributed by atoms with E-state index in [1.165, 1.54) is 0 Å². The Morgan fingerprint density at radius 2 is 2.00 bits per heavy atom. The molecule has 1 aliphatic carbocycles. The molecule has 1 fully saturated rings. The van der Waals surface area contributed by atoms with Crippen LogP contribution in [0.3, 0.4) is 0 Å². The maximum atomic E-state index is 11.8. The van der Waals surface area contributed by atoms with E-state index in [1.54, 1.807) is 14.0 Å². The molecule has 0 saturated heterocycles. The maximum Gasteiger partial charge on any atom is 0.309 e. The number of hydrogen-bond acceptors (Lipinski definition) is 6. The molecule has 0 radical (unpaired) electrons. The highest BCUT2D eigenvalue weighted by Gasteiger charge is 2.41. The average Bonchev–Trinajstić information content (AvgIpc) is 2.59. The van der Waals surface area contributed by atoms with E-state index < -0.39 is 16.2 Å². The van der Waals surface area contributed by atoms with Crippen LogP contribution in [0.25, 0.3) is 0 Å². The van der Waals surface area contributed by atoms with Gasteiger partial charge in [-0.05, 0) is 25.7 Å². The Kier molecular flexibility index (Phi) is 5.55. The van der Waals surface area contributed by atoms with Crippen molar-refractivity contribution in [1.82, 2.24) is 0 Å². The van der Waals surface area contributed by atoms with Gasteiger partial charge in [-0.25, -0.2) is 0 Å². The van der Waals surface area contributed by atoms with Gasteiger partial charge in [0, 0.05) is 13.7 Å². The number of hydrogen-bond donors (Lipinski definition) is 0. The van der Waals surface area contributed by atoms with Crippen LogP contribution in [0.4, 0.5) is 0 Å². The van der Waals surface area contributed by atoms with Gasteiger partial charge < -0.3 is 9.47 Å². The lowest BCUT2D eigenvalue weighted by Gasteiger charge is -2.16. The fraction of sp³-hybridized carbons (Fsp3) is 0.909. The molecule has 0 heterocycles. The molecule has 3 unspecified atom stereocenters. The summed E-state index contributed by atoms with van der Waals surface area (Å²) in [4.78, 5) is 11.8. The van der Waals surface area contributed by atoms with Crippen molar-refractivity contribution in [3.05, 3.63) is 0 Å². The minimum atomic E-state index is -3.50. The molecule has 1 saturated carbocycles. The van der Waals surface area contributed by atoms with Crippen molar-refractivity contribution < 1.29 is 26.9 Å². The predicted molar refractivity (Wildman–Crippen MR) is 64.4 cm³/mol. The van der Waals surface area contributed by atoms with Crippen molar-refractivity contribution in [2.75, 3.05) is 26.6 Å². The summed E-state index contributed by atoms with van der Waals surface area (Å²) in [6, 6.07) is 0. The van der Waals surface area contributed by atoms with Crippen LogP contribution >= 0.6 is 0 Å². The second-order valence-corrected chi connectivity index (χ2v) is 6.07. The van der Waals surface area contributed by atoms with Gasteiger partial charge in [-0.1, -0.05) is 0 Å². The van der Waals surface area contributed by atoms with E-state index in [-0.39, 0.29) is 17.8 Å². The minimum Gasteiger partial charge on any atom is -0.466 e. The van der Waals surface area contributed by atoms with E-state index in [1.807, 2.05) is 0 Å². The molecule has 3 atom stereocenters. The van der Waals surface area contributed by atoms with Gasteiger partial charge in [-0.15, -0.1) is 0 Å². The zero-order valence-electron chi connectivity index (χ0n) is 10.9. The van der Waals surface area contributed by atoms with E-state index >= 15 is 0 Å². The summed E-state index contributed by atoms with van der Waals surface area (Å²) in [7, 11) is -1.95. The molecule has 0 aliphatic heterocycles. The van der Waals surface area contributed by atoms with Crippen molar-refractivity contribution in [3.8, 4) is 0 Å². The Balaban J connectivity index is 2.67. The lowest BCUT2D eigenvalue weighted by atomic mass is 9.97. The fourth-order valence-electron chi connectivity index (χ4n) is 2.34. The SMILES string of the molecule is CCOC(=O)C1CC(OS(C)(=O)=O)CC1COC. The highest BCUT2D eigenvalue weighted by atomic mass is 32.2. The van der Waals surface area contributed by atoms with Crippen LogP contribution in [0.1, 0.15) is 19.8 Å². The first-order valence-electron chi connectivity index (χ1n) is 5.91. The number of carbonyl (C=O) groups is 1. The largest absolute Gasteiger partial charge is 0.466 e. The van der Waals surface area contributed by atoms with Gasteiger partial charge in [-0.3, -0.25) is 8.98 Å². The standard InChI is InChI=1S/C11H20O6S/c1-4-16-11(12)10-6-9(17-18(3,13)14)5-8(10)7-15-2/h8-10H,4-7H2,1-3H3. The first-order chi connectivity index (χ1) is 8.37. The third-order valence-electron chi connectivity index (χ3n) is 2.93. The third kappa shape index (κ3) is 4.55. The van der Waals surface area contributed by atoms with Crippen LogP contribution < -0.4 is 0 Å². The molecule has 18 heavy (non-hydrogen) atoms. The van der Waals surface area contributed by atoms with Crippen LogP contribution in [0.2, 0.25) is 0 Å². The summed E-state index contributed by atoms with van der Waals surface area (Å²) in [6.07, 6.45) is 1.40. The lowest BCUT2D eigenvalue weighted by Crippen LogP contribution is -2.24. The zero-order valence-corrected chi connectivity index (χ0v) is 11.7. The molecule has 0 amide bonds. The van der Waals surface area contributed by atoms with Crippen LogP contribution in [0, 0.1) is 11.8 Å². The second-order valence-electron chi connectivity index (χ2n) is 4.47. The molecule has 7 heteroatoms. The smallest absolute Gasteiger partial charge is 0.309 e. The first-order valence-corrected chi connectivity index (χ1v) is 7.72. The van der Waals surface area contributed by atoms with E-state index in [0.717, 1.165) is 6.26 Å². The van der Waals surface area contributed by atoms with Crippen LogP contribution in [0.5, 0.6) is 0 Å². The van der Waals surface area contributed by atoms with Gasteiger partial charge >= 0.3 is 5.97 Å². The monoisotopic (exact) mass is 280 g/mol. The number of esters is 1. The summed E-state index contributed by atoms with van der Waals surface area (Å²) < 4.78 is 37.1. The van der Waals surface area contributed by atoms with Gasteiger partial charge in [-0.2, -0.15) is 8.42 Å². The summed E-state index contributed by atoms with van der Waals surface area (Å²) in [5.41, 5.74) is 0. The molecule has 1 aliphatic rings. The van der Waals surface area contributed by atoms with E-state index in [2.05, 4.69) is 0 Å². The molecule has 0 N–H and O–H groups in total. The topological polar surface area (TPSA) is 78.9 Å². The molecule has 1 rings (SSSR count). The lowest BCUT2D eigenvalue weighted by molar-refractivity contribution is -0.150. The predicted octanol–water partition coefficient (Wildman–Crippen LogP) is 0.567. The van der Waals surface area contributed by atoms with Gasteiger partial charge in [0.1, 0.15) is 0 Å². The van der Waals surface area contributed by atoms with E-state index in [9.17, 15) is 13.2 Å². The number of methoxy groups -OCH3 is 1. The van der Waals surface area contributed by atoms with Gasteiger partial charge in [0.15, 0.2) is 0 Å². The third-order valence-corrected chi connectivity index (χ3v) is 3.55. The number of rotatable bonds is 6. The van der Waals surface area contributed by atoms with Gasteiger partial charge in [0.2, 0.25) is 0 Å². The molecule has 0 aromatic rings. The molecular formula is C11H20O6S. The summed E-state index contributed by atoms with van der Waals surface area (Å²) in [5.74, 6) is -0.711. The Morgan fingerprint density at radius 3 is 2.50 bits per heavy atom. The summed E-state index contributed by atoms with van der Waals surface area (Å²) in [5, 5.41) is 0. The summed E-state index contributed by atoms with van der Waals surface area (Å²) in [6.45, 7) is 2.45. The second kappa shape index (κ2) is 6.49. The highest BCUT2D eigenvalue weighted by Crippen LogP contribution is 2.35. The number of ether oxygens (including phenoxy) is 2. The number of carbonyl (C=O) groups excluding carboxylic acids is 1.